The molecule has 1 amide bonds. The van der Waals surface area contributed by atoms with Crippen LogP contribution < -0.4 is 5.32 Å². The summed E-state index contributed by atoms with van der Waals surface area (Å²) >= 11 is 0. The van der Waals surface area contributed by atoms with Gasteiger partial charge in [0, 0.05) is 25.6 Å². The van der Waals surface area contributed by atoms with Gasteiger partial charge in [0.05, 0.1) is 39.2 Å². The fourth-order valence-corrected chi connectivity index (χ4v) is 1.68. The number of Topliss-reactive ketones (excluding diaryl/α,β-unsaturated/α-hetero) is 1. The highest BCUT2D eigenvalue weighted by molar-refractivity contribution is 5.78. The fourth-order valence-electron chi connectivity index (χ4n) is 1.68. The summed E-state index contributed by atoms with van der Waals surface area (Å²) in [5, 5.41) is 10.3. The molecule has 1 aromatic heterocycles. The van der Waals surface area contributed by atoms with Crippen LogP contribution in [0, 0.1) is 0 Å². The van der Waals surface area contributed by atoms with Crippen LogP contribution in [0.1, 0.15) is 26.2 Å². The van der Waals surface area contributed by atoms with E-state index in [4.69, 9.17) is 9.47 Å². The van der Waals surface area contributed by atoms with Gasteiger partial charge in [0.15, 0.2) is 0 Å². The molecule has 0 fully saturated rings. The van der Waals surface area contributed by atoms with Gasteiger partial charge in [-0.2, -0.15) is 0 Å². The van der Waals surface area contributed by atoms with E-state index in [0.29, 0.717) is 58.8 Å². The highest BCUT2D eigenvalue weighted by Crippen LogP contribution is 1.95. The van der Waals surface area contributed by atoms with Crippen LogP contribution in [0.5, 0.6) is 0 Å². The molecule has 8 nitrogen and oxygen atoms in total. The Labute approximate surface area is 130 Å². The van der Waals surface area contributed by atoms with E-state index >= 15 is 0 Å². The van der Waals surface area contributed by atoms with E-state index in [0.717, 1.165) is 0 Å². The van der Waals surface area contributed by atoms with Crippen LogP contribution in [0.15, 0.2) is 12.4 Å². The van der Waals surface area contributed by atoms with E-state index in [9.17, 15) is 9.59 Å². The average molecular weight is 312 g/mol. The fraction of sp³-hybridized carbons (Fsp3) is 0.714. The zero-order valence-corrected chi connectivity index (χ0v) is 13.0. The minimum absolute atomic E-state index is 0.0473. The number of carbonyl (C=O) groups excluding carboxylic acids is 2. The third kappa shape index (κ3) is 10.0. The van der Waals surface area contributed by atoms with Gasteiger partial charge in [-0.3, -0.25) is 9.48 Å². The van der Waals surface area contributed by atoms with Crippen molar-refractivity contribution in [2.45, 2.75) is 32.7 Å². The molecule has 0 saturated heterocycles. The summed E-state index contributed by atoms with van der Waals surface area (Å²) in [7, 11) is 0. The Hall–Kier alpha value is -1.80. The quantitative estimate of drug-likeness (QED) is 0.522. The van der Waals surface area contributed by atoms with Gasteiger partial charge in [0.25, 0.3) is 0 Å². The molecule has 1 rings (SSSR count). The number of hydrogen-bond acceptors (Lipinski definition) is 6. The van der Waals surface area contributed by atoms with E-state index < -0.39 is 0 Å². The van der Waals surface area contributed by atoms with Crippen molar-refractivity contribution in [3.8, 4) is 0 Å². The number of amides is 1. The van der Waals surface area contributed by atoms with Gasteiger partial charge < -0.3 is 19.6 Å². The number of ketones is 1. The van der Waals surface area contributed by atoms with E-state index in [-0.39, 0.29) is 11.7 Å². The van der Waals surface area contributed by atoms with Gasteiger partial charge in [-0.15, -0.1) is 5.10 Å². The number of carbonyl (C=O) groups is 2. The van der Waals surface area contributed by atoms with Crippen molar-refractivity contribution in [2.75, 3.05) is 33.0 Å². The molecule has 1 heterocycles. The first-order chi connectivity index (χ1) is 10.7. The highest BCUT2D eigenvalue weighted by atomic mass is 16.5. The number of nitrogens with zero attached hydrogens (tertiary/aromatic N) is 3. The third-order valence-corrected chi connectivity index (χ3v) is 2.81. The second-order valence-corrected chi connectivity index (χ2v) is 4.80. The molecule has 0 aliphatic carbocycles. The van der Waals surface area contributed by atoms with Crippen molar-refractivity contribution >= 4 is 11.7 Å². The maximum atomic E-state index is 11.4. The molecule has 0 atom stereocenters. The maximum absolute atomic E-state index is 11.4. The molecule has 1 N–H and O–H groups in total. The SMILES string of the molecule is CC(=O)CCCC(=O)NCCOCCOCCn1ccnn1. The second kappa shape index (κ2) is 11.8. The molecular formula is C14H24N4O4. The Morgan fingerprint density at radius 3 is 2.59 bits per heavy atom. The molecule has 124 valence electrons. The minimum Gasteiger partial charge on any atom is -0.377 e. The molecule has 1 aromatic rings. The van der Waals surface area contributed by atoms with Gasteiger partial charge >= 0.3 is 0 Å². The lowest BCUT2D eigenvalue weighted by Gasteiger charge is -2.07. The largest absolute Gasteiger partial charge is 0.377 e. The molecule has 0 aromatic carbocycles. The summed E-state index contributed by atoms with van der Waals surface area (Å²) in [6.07, 6.45) is 4.83. The normalized spacial score (nSPS) is 10.6. The van der Waals surface area contributed by atoms with Gasteiger partial charge in [0.1, 0.15) is 5.78 Å². The van der Waals surface area contributed by atoms with E-state index in [1.54, 1.807) is 17.1 Å². The van der Waals surface area contributed by atoms with Crippen LogP contribution in [0.4, 0.5) is 0 Å². The van der Waals surface area contributed by atoms with Crippen LogP contribution >= 0.6 is 0 Å². The standard InChI is InChI=1S/C14H24N4O4/c1-13(19)3-2-4-14(20)15-6-9-21-11-12-22-10-8-18-7-5-16-17-18/h5,7H,2-4,6,8-12H2,1H3,(H,15,20). The van der Waals surface area contributed by atoms with Crippen molar-refractivity contribution in [3.05, 3.63) is 12.4 Å². The van der Waals surface area contributed by atoms with E-state index in [1.807, 2.05) is 0 Å². The van der Waals surface area contributed by atoms with Crippen molar-refractivity contribution in [1.82, 2.24) is 20.3 Å². The zero-order valence-electron chi connectivity index (χ0n) is 13.0. The van der Waals surface area contributed by atoms with E-state index in [1.165, 1.54) is 6.92 Å². The number of hydrogen-bond donors (Lipinski definition) is 1. The molecule has 22 heavy (non-hydrogen) atoms. The monoisotopic (exact) mass is 312 g/mol. The summed E-state index contributed by atoms with van der Waals surface area (Å²) in [6.45, 7) is 4.65. The topological polar surface area (TPSA) is 95.3 Å². The summed E-state index contributed by atoms with van der Waals surface area (Å²) in [5.74, 6) is 0.0638. The van der Waals surface area contributed by atoms with Gasteiger partial charge in [0.2, 0.25) is 5.91 Å². The zero-order chi connectivity index (χ0) is 16.0. The molecule has 0 radical (unpaired) electrons. The van der Waals surface area contributed by atoms with Gasteiger partial charge in [-0.05, 0) is 13.3 Å². The summed E-state index contributed by atoms with van der Waals surface area (Å²) in [5.41, 5.74) is 0. The molecule has 0 unspecified atom stereocenters. The Morgan fingerprint density at radius 2 is 1.91 bits per heavy atom. The number of ether oxygens (including phenoxy) is 2. The average Bonchev–Trinajstić information content (AvgIpc) is 2.98. The van der Waals surface area contributed by atoms with E-state index in [2.05, 4.69) is 15.6 Å². The third-order valence-electron chi connectivity index (χ3n) is 2.81. The van der Waals surface area contributed by atoms with Crippen LogP contribution in [-0.4, -0.2) is 59.7 Å². The minimum atomic E-state index is -0.0473. The van der Waals surface area contributed by atoms with Crippen LogP contribution in [0.2, 0.25) is 0 Å². The summed E-state index contributed by atoms with van der Waals surface area (Å²) in [6, 6.07) is 0. The lowest BCUT2D eigenvalue weighted by molar-refractivity contribution is -0.121. The Kier molecular flexibility index (Phi) is 9.80. The number of rotatable bonds is 13. The smallest absolute Gasteiger partial charge is 0.220 e. The van der Waals surface area contributed by atoms with Crippen molar-refractivity contribution in [3.63, 3.8) is 0 Å². The lowest BCUT2D eigenvalue weighted by atomic mass is 10.2. The first-order valence-corrected chi connectivity index (χ1v) is 7.44. The van der Waals surface area contributed by atoms with Crippen molar-refractivity contribution < 1.29 is 19.1 Å². The number of nitrogens with one attached hydrogen (secondary N) is 1. The van der Waals surface area contributed by atoms with Crippen LogP contribution in [0.3, 0.4) is 0 Å². The lowest BCUT2D eigenvalue weighted by Crippen LogP contribution is -2.27. The first-order valence-electron chi connectivity index (χ1n) is 7.44. The predicted octanol–water partition coefficient (Wildman–Crippen LogP) is 0.187. The van der Waals surface area contributed by atoms with Crippen molar-refractivity contribution in [2.24, 2.45) is 0 Å². The predicted molar refractivity (Wildman–Crippen MR) is 79.2 cm³/mol. The molecule has 0 bridgehead atoms. The maximum Gasteiger partial charge on any atom is 0.220 e. The van der Waals surface area contributed by atoms with Gasteiger partial charge in [-0.25, -0.2) is 0 Å². The molecule has 0 saturated carbocycles. The Balaban J connectivity index is 1.81. The summed E-state index contributed by atoms with van der Waals surface area (Å²) < 4.78 is 12.4. The van der Waals surface area contributed by atoms with Crippen LogP contribution in [-0.2, 0) is 25.6 Å². The highest BCUT2D eigenvalue weighted by Gasteiger charge is 2.01. The van der Waals surface area contributed by atoms with Crippen molar-refractivity contribution in [1.29, 1.82) is 0 Å². The Bertz CT molecular complexity index is 422. The molecular weight excluding hydrogens is 288 g/mol. The van der Waals surface area contributed by atoms with Crippen LogP contribution in [0.25, 0.3) is 0 Å². The molecule has 0 aliphatic heterocycles. The summed E-state index contributed by atoms with van der Waals surface area (Å²) in [4.78, 5) is 22.1. The van der Waals surface area contributed by atoms with Gasteiger partial charge in [-0.1, -0.05) is 5.21 Å². The first kappa shape index (κ1) is 18.2. The molecule has 8 heteroatoms. The second-order valence-electron chi connectivity index (χ2n) is 4.80. The molecule has 0 spiro atoms. The molecule has 0 aliphatic rings. The number of aromatic nitrogens is 3. The Morgan fingerprint density at radius 1 is 1.14 bits per heavy atom.